The molecule has 0 fully saturated rings. The van der Waals surface area contributed by atoms with Gasteiger partial charge in [0.25, 0.3) is 0 Å². The van der Waals surface area contributed by atoms with E-state index in [9.17, 15) is 0 Å². The van der Waals surface area contributed by atoms with Crippen molar-refractivity contribution in [3.05, 3.63) is 17.7 Å². The molecule has 0 spiro atoms. The maximum absolute atomic E-state index is 8.90. The summed E-state index contributed by atoms with van der Waals surface area (Å²) in [4.78, 5) is 9.82. The largest absolute Gasteiger partial charge is 0.481 e. The van der Waals surface area contributed by atoms with E-state index in [1.807, 2.05) is 13.8 Å². The van der Waals surface area contributed by atoms with Gasteiger partial charge in [-0.1, -0.05) is 0 Å². The van der Waals surface area contributed by atoms with Crippen LogP contribution in [0.25, 0.3) is 9.75 Å². The van der Waals surface area contributed by atoms with Crippen LogP contribution in [0.2, 0.25) is 0 Å². The fourth-order valence-electron chi connectivity index (χ4n) is 2.40. The summed E-state index contributed by atoms with van der Waals surface area (Å²) < 4.78 is 6.05. The molecule has 2 aromatic rings. The number of aliphatic imine (C=N–C) groups is 2. The molecule has 0 aliphatic carbocycles. The summed E-state index contributed by atoms with van der Waals surface area (Å²) in [5.74, 6) is 0.611. The van der Waals surface area contributed by atoms with Gasteiger partial charge in [0.05, 0.1) is 9.75 Å². The maximum atomic E-state index is 8.90. The predicted octanol–water partition coefficient (Wildman–Crippen LogP) is 4.34. The normalized spacial score (nSPS) is 12.7. The molecule has 0 aromatic carbocycles. The zero-order valence-electron chi connectivity index (χ0n) is 13.6. The first-order valence-corrected chi connectivity index (χ1v) is 8.80. The van der Waals surface area contributed by atoms with Crippen LogP contribution in [0.3, 0.4) is 0 Å². The second-order valence-corrected chi connectivity index (χ2v) is 7.65. The van der Waals surface area contributed by atoms with Gasteiger partial charge in [-0.3, -0.25) is 0 Å². The molecule has 3 rings (SSSR count). The third-order valence-electron chi connectivity index (χ3n) is 3.49. The first kappa shape index (κ1) is 17.3. The summed E-state index contributed by atoms with van der Waals surface area (Å²) in [6.45, 7) is 3.81. The lowest BCUT2D eigenvalue weighted by atomic mass is 9.95. The van der Waals surface area contributed by atoms with E-state index in [1.165, 1.54) is 22.7 Å². The molecule has 0 saturated carbocycles. The van der Waals surface area contributed by atoms with Crippen LogP contribution in [0.1, 0.15) is 19.4 Å². The topological polar surface area (TPSA) is 129 Å². The second kappa shape index (κ2) is 6.43. The van der Waals surface area contributed by atoms with Crippen molar-refractivity contribution in [1.82, 2.24) is 0 Å². The van der Waals surface area contributed by atoms with E-state index >= 15 is 0 Å². The summed E-state index contributed by atoms with van der Waals surface area (Å²) in [5.41, 5.74) is -0.192. The Morgan fingerprint density at radius 1 is 0.885 bits per heavy atom. The number of hydrogen-bond acceptors (Lipinski definition) is 9. The minimum atomic E-state index is -0.638. The van der Waals surface area contributed by atoms with Crippen LogP contribution in [-0.2, 0) is 5.60 Å². The summed E-state index contributed by atoms with van der Waals surface area (Å²) in [5, 5.41) is 36.6. The molecule has 124 valence electrons. The van der Waals surface area contributed by atoms with Gasteiger partial charge in [-0.2, -0.15) is 21.0 Å². The fraction of sp³-hybridized carbons (Fsp3) is 0.176. The Bertz CT molecular complexity index is 1110. The molecule has 1 aliphatic heterocycles. The Kier molecular flexibility index (Phi) is 4.28. The van der Waals surface area contributed by atoms with Crippen LogP contribution < -0.4 is 4.74 Å². The molecule has 7 nitrogen and oxygen atoms in total. The van der Waals surface area contributed by atoms with E-state index < -0.39 is 5.60 Å². The molecule has 9 heteroatoms. The Morgan fingerprint density at radius 3 is 1.92 bits per heavy atom. The number of hydrogen-bond donors (Lipinski definition) is 0. The number of ether oxygens (including phenoxy) is 1. The summed E-state index contributed by atoms with van der Waals surface area (Å²) in [7, 11) is 0. The first-order chi connectivity index (χ1) is 12.4. The van der Waals surface area contributed by atoms with Crippen LogP contribution in [0.4, 0.5) is 10.0 Å². The van der Waals surface area contributed by atoms with E-state index in [4.69, 9.17) is 25.8 Å². The van der Waals surface area contributed by atoms with Gasteiger partial charge in [0.2, 0.25) is 11.4 Å². The highest BCUT2D eigenvalue weighted by Crippen LogP contribution is 2.55. The van der Waals surface area contributed by atoms with Gasteiger partial charge in [-0.15, -0.1) is 22.7 Å². The van der Waals surface area contributed by atoms with E-state index in [1.54, 1.807) is 36.4 Å². The molecule has 0 radical (unpaired) electrons. The third kappa shape index (κ3) is 2.94. The van der Waals surface area contributed by atoms with Crippen LogP contribution in [0.15, 0.2) is 22.1 Å². The second-order valence-electron chi connectivity index (χ2n) is 5.59. The van der Waals surface area contributed by atoms with Crippen molar-refractivity contribution in [3.63, 3.8) is 0 Å². The molecule has 0 saturated heterocycles. The molecular formula is C17H8N6OS2. The molecule has 0 bridgehead atoms. The van der Waals surface area contributed by atoms with Crippen LogP contribution >= 0.6 is 22.7 Å². The fourth-order valence-corrected chi connectivity index (χ4v) is 4.70. The molecular weight excluding hydrogens is 368 g/mol. The summed E-state index contributed by atoms with van der Waals surface area (Å²) in [6.07, 6.45) is 0. The minimum absolute atomic E-state index is 0.216. The van der Waals surface area contributed by atoms with Crippen molar-refractivity contribution in [3.8, 4) is 39.8 Å². The molecule has 0 unspecified atom stereocenters. The molecule has 26 heavy (non-hydrogen) atoms. The predicted molar refractivity (Wildman–Crippen MR) is 97.9 cm³/mol. The quantitative estimate of drug-likeness (QED) is 0.720. The maximum Gasteiger partial charge on any atom is 0.219 e. The standard InChI is InChI=1S/C17H8N6OS2/c1-17(2)11-3-13(22-9(5-18)6-19)25-15(11)16-12(24-17)4-14(26-16)23-10(7-20)8-21/h3-4H,1-2H3. The van der Waals surface area contributed by atoms with Crippen molar-refractivity contribution in [2.24, 2.45) is 9.98 Å². The Hall–Kier alpha value is -3.50. The number of rotatable bonds is 2. The molecule has 0 atom stereocenters. The lowest BCUT2D eigenvalue weighted by molar-refractivity contribution is 0.107. The van der Waals surface area contributed by atoms with Crippen LogP contribution in [-0.4, -0.2) is 11.4 Å². The van der Waals surface area contributed by atoms with Crippen LogP contribution in [0, 0.1) is 45.3 Å². The molecule has 3 heterocycles. The highest BCUT2D eigenvalue weighted by atomic mass is 32.1. The SMILES string of the molecule is CC1(C)Oc2cc(N=C(C#N)C#N)sc2-c2sc(N=C(C#N)C#N)cc21. The van der Waals surface area contributed by atoms with Gasteiger partial charge in [-0.25, -0.2) is 9.98 Å². The van der Waals surface area contributed by atoms with E-state index in [0.717, 1.165) is 15.3 Å². The van der Waals surface area contributed by atoms with Crippen molar-refractivity contribution in [2.75, 3.05) is 0 Å². The van der Waals surface area contributed by atoms with Crippen molar-refractivity contribution < 1.29 is 4.74 Å². The minimum Gasteiger partial charge on any atom is -0.481 e. The monoisotopic (exact) mass is 376 g/mol. The van der Waals surface area contributed by atoms with Gasteiger partial charge in [0.1, 0.15) is 45.6 Å². The van der Waals surface area contributed by atoms with E-state index in [-0.39, 0.29) is 11.4 Å². The van der Waals surface area contributed by atoms with E-state index in [0.29, 0.717) is 15.8 Å². The lowest BCUT2D eigenvalue weighted by Crippen LogP contribution is -2.27. The number of nitrogens with zero attached hydrogens (tertiary/aromatic N) is 6. The highest BCUT2D eigenvalue weighted by Gasteiger charge is 2.36. The first-order valence-electron chi connectivity index (χ1n) is 7.17. The molecule has 0 amide bonds. The summed E-state index contributed by atoms with van der Waals surface area (Å²) in [6, 6.07) is 10.5. The van der Waals surface area contributed by atoms with Gasteiger partial charge in [0, 0.05) is 11.6 Å². The lowest BCUT2D eigenvalue weighted by Gasteiger charge is -2.30. The average molecular weight is 376 g/mol. The van der Waals surface area contributed by atoms with Crippen molar-refractivity contribution >= 4 is 44.1 Å². The number of fused-ring (bicyclic) bond motifs is 3. The van der Waals surface area contributed by atoms with E-state index in [2.05, 4.69) is 9.98 Å². The van der Waals surface area contributed by atoms with Gasteiger partial charge in [0.15, 0.2) is 0 Å². The molecule has 1 aliphatic rings. The molecule has 2 aromatic heterocycles. The number of thiophene rings is 2. The van der Waals surface area contributed by atoms with Crippen molar-refractivity contribution in [1.29, 1.82) is 21.0 Å². The Labute approximate surface area is 157 Å². The van der Waals surface area contributed by atoms with Crippen molar-refractivity contribution in [2.45, 2.75) is 19.4 Å². The summed E-state index contributed by atoms with van der Waals surface area (Å²) >= 11 is 2.64. The zero-order valence-corrected chi connectivity index (χ0v) is 15.2. The highest BCUT2D eigenvalue weighted by molar-refractivity contribution is 7.26. The smallest absolute Gasteiger partial charge is 0.219 e. The van der Waals surface area contributed by atoms with Gasteiger partial charge < -0.3 is 4.74 Å². The van der Waals surface area contributed by atoms with Gasteiger partial charge in [-0.05, 0) is 19.9 Å². The number of nitriles is 4. The third-order valence-corrected chi connectivity index (χ3v) is 5.69. The Morgan fingerprint density at radius 2 is 1.38 bits per heavy atom. The van der Waals surface area contributed by atoms with Crippen LogP contribution in [0.5, 0.6) is 5.75 Å². The average Bonchev–Trinajstić information content (AvgIpc) is 3.21. The Balaban J connectivity index is 2.15. The molecule has 0 N–H and O–H groups in total. The zero-order chi connectivity index (χ0) is 18.9. The van der Waals surface area contributed by atoms with Gasteiger partial charge >= 0.3 is 0 Å².